The number of amides is 1. The van der Waals surface area contributed by atoms with Crippen molar-refractivity contribution in [3.8, 4) is 0 Å². The molecule has 7 nitrogen and oxygen atoms in total. The highest BCUT2D eigenvalue weighted by molar-refractivity contribution is 6.01. The number of fused-ring (bicyclic) bond motifs is 2. The summed E-state index contributed by atoms with van der Waals surface area (Å²) in [6.45, 7) is 1.65. The Hall–Kier alpha value is -3.48. The molecule has 0 saturated heterocycles. The van der Waals surface area contributed by atoms with Crippen molar-refractivity contribution in [2.45, 2.75) is 32.4 Å². The molecule has 3 aromatic rings. The van der Waals surface area contributed by atoms with E-state index in [1.807, 2.05) is 31.2 Å². The number of carbonyl (C=O) groups is 2. The fourth-order valence-electron chi connectivity index (χ4n) is 3.77. The van der Waals surface area contributed by atoms with Crippen molar-refractivity contribution in [1.29, 1.82) is 0 Å². The van der Waals surface area contributed by atoms with Gasteiger partial charge in [-0.25, -0.2) is 9.48 Å². The standard InChI is InChI=1S/C21H19N3O4/c1-13-10-11-14-6-2-5-9-17(14)24(13)18(25)12-23-20(26)16-8-4-3-7-15(16)19(22-23)21(27)28/h2-9,13H,10-12H2,1H3,(H,27,28). The van der Waals surface area contributed by atoms with E-state index in [1.54, 1.807) is 29.2 Å². The van der Waals surface area contributed by atoms with Gasteiger partial charge in [-0.3, -0.25) is 9.59 Å². The third-order valence-corrected chi connectivity index (χ3v) is 5.15. The minimum absolute atomic E-state index is 0.0162. The lowest BCUT2D eigenvalue weighted by Gasteiger charge is -2.35. The molecule has 1 aliphatic heterocycles. The zero-order chi connectivity index (χ0) is 19.8. The average Bonchev–Trinajstić information content (AvgIpc) is 2.69. The van der Waals surface area contributed by atoms with Crippen LogP contribution >= 0.6 is 0 Å². The molecule has 7 heteroatoms. The summed E-state index contributed by atoms with van der Waals surface area (Å²) in [7, 11) is 0. The molecule has 1 aliphatic rings. The maximum Gasteiger partial charge on any atom is 0.357 e. The molecule has 0 aliphatic carbocycles. The number of aryl methyl sites for hydroxylation is 1. The number of benzene rings is 2. The Morgan fingerprint density at radius 2 is 1.79 bits per heavy atom. The molecule has 1 aromatic heterocycles. The van der Waals surface area contributed by atoms with E-state index in [-0.39, 0.29) is 35.0 Å². The second-order valence-electron chi connectivity index (χ2n) is 6.94. The smallest absolute Gasteiger partial charge is 0.357 e. The number of aromatic carboxylic acids is 1. The van der Waals surface area contributed by atoms with Crippen LogP contribution in [0.4, 0.5) is 5.69 Å². The molecule has 4 rings (SSSR count). The van der Waals surface area contributed by atoms with Gasteiger partial charge >= 0.3 is 5.97 Å². The summed E-state index contributed by atoms with van der Waals surface area (Å²) in [5.41, 5.74) is 1.19. The Kier molecular flexibility index (Phi) is 4.43. The number of hydrogen-bond acceptors (Lipinski definition) is 4. The predicted octanol–water partition coefficient (Wildman–Crippen LogP) is 2.46. The Morgan fingerprint density at radius 1 is 1.11 bits per heavy atom. The topological polar surface area (TPSA) is 92.5 Å². The summed E-state index contributed by atoms with van der Waals surface area (Å²) in [6.07, 6.45) is 1.71. The van der Waals surface area contributed by atoms with Gasteiger partial charge < -0.3 is 10.0 Å². The van der Waals surface area contributed by atoms with Crippen molar-refractivity contribution < 1.29 is 14.7 Å². The second kappa shape index (κ2) is 6.92. The van der Waals surface area contributed by atoms with Crippen LogP contribution in [0.5, 0.6) is 0 Å². The molecule has 0 spiro atoms. The van der Waals surface area contributed by atoms with Crippen LogP contribution in [0, 0.1) is 0 Å². The van der Waals surface area contributed by atoms with Crippen molar-refractivity contribution in [2.24, 2.45) is 0 Å². The molecule has 1 N–H and O–H groups in total. The number of hydrogen-bond donors (Lipinski definition) is 1. The SMILES string of the molecule is CC1CCc2ccccc2N1C(=O)Cn1nc(C(=O)O)c2ccccc2c1=O. The van der Waals surface area contributed by atoms with E-state index in [0.717, 1.165) is 28.8 Å². The highest BCUT2D eigenvalue weighted by Gasteiger charge is 2.29. The first kappa shape index (κ1) is 17.9. The number of anilines is 1. The quantitative estimate of drug-likeness (QED) is 0.757. The number of nitrogens with zero attached hydrogens (tertiary/aromatic N) is 3. The van der Waals surface area contributed by atoms with Gasteiger partial charge in [-0.1, -0.05) is 36.4 Å². The van der Waals surface area contributed by atoms with Crippen molar-refractivity contribution in [2.75, 3.05) is 4.90 Å². The van der Waals surface area contributed by atoms with Gasteiger partial charge in [0.1, 0.15) is 6.54 Å². The first-order valence-electron chi connectivity index (χ1n) is 9.10. The second-order valence-corrected chi connectivity index (χ2v) is 6.94. The maximum atomic E-state index is 13.1. The summed E-state index contributed by atoms with van der Waals surface area (Å²) in [5, 5.41) is 13.9. The molecule has 28 heavy (non-hydrogen) atoms. The molecule has 1 unspecified atom stereocenters. The zero-order valence-corrected chi connectivity index (χ0v) is 15.3. The molecule has 0 saturated carbocycles. The van der Waals surface area contributed by atoms with Crippen LogP contribution in [0.25, 0.3) is 10.8 Å². The summed E-state index contributed by atoms with van der Waals surface area (Å²) >= 11 is 0. The minimum atomic E-state index is -1.24. The minimum Gasteiger partial charge on any atom is -0.476 e. The van der Waals surface area contributed by atoms with Gasteiger partial charge in [-0.05, 0) is 37.5 Å². The van der Waals surface area contributed by atoms with Crippen molar-refractivity contribution in [3.05, 3.63) is 70.1 Å². The summed E-state index contributed by atoms with van der Waals surface area (Å²) in [5.74, 6) is -1.53. The van der Waals surface area contributed by atoms with Crippen LogP contribution < -0.4 is 10.5 Å². The fraction of sp³-hybridized carbons (Fsp3) is 0.238. The van der Waals surface area contributed by atoms with Gasteiger partial charge in [-0.15, -0.1) is 0 Å². The maximum absolute atomic E-state index is 13.1. The van der Waals surface area contributed by atoms with E-state index in [4.69, 9.17) is 0 Å². The van der Waals surface area contributed by atoms with E-state index in [9.17, 15) is 19.5 Å². The van der Waals surface area contributed by atoms with Crippen LogP contribution in [0.1, 0.15) is 29.4 Å². The van der Waals surface area contributed by atoms with Gasteiger partial charge in [0.2, 0.25) is 5.91 Å². The van der Waals surface area contributed by atoms with Crippen LogP contribution in [0.3, 0.4) is 0 Å². The van der Waals surface area contributed by atoms with Crippen molar-refractivity contribution in [1.82, 2.24) is 9.78 Å². The molecule has 1 atom stereocenters. The van der Waals surface area contributed by atoms with E-state index >= 15 is 0 Å². The van der Waals surface area contributed by atoms with E-state index in [1.165, 1.54) is 0 Å². The zero-order valence-electron chi connectivity index (χ0n) is 15.3. The van der Waals surface area contributed by atoms with Gasteiger partial charge in [0, 0.05) is 17.1 Å². The largest absolute Gasteiger partial charge is 0.476 e. The summed E-state index contributed by atoms with van der Waals surface area (Å²) in [4.78, 5) is 39.2. The predicted molar refractivity (Wildman–Crippen MR) is 105 cm³/mol. The number of carboxylic acid groups (broad SMARTS) is 1. The van der Waals surface area contributed by atoms with Gasteiger partial charge in [-0.2, -0.15) is 5.10 Å². The Labute approximate surface area is 160 Å². The lowest BCUT2D eigenvalue weighted by Crippen LogP contribution is -2.45. The number of para-hydroxylation sites is 1. The molecule has 2 aromatic carbocycles. The molecular formula is C21H19N3O4. The van der Waals surface area contributed by atoms with Crippen LogP contribution in [-0.4, -0.2) is 32.8 Å². The van der Waals surface area contributed by atoms with E-state index in [2.05, 4.69) is 5.10 Å². The van der Waals surface area contributed by atoms with Crippen LogP contribution in [-0.2, 0) is 17.8 Å². The number of aromatic nitrogens is 2. The van der Waals surface area contributed by atoms with E-state index in [0.29, 0.717) is 0 Å². The first-order chi connectivity index (χ1) is 13.5. The lowest BCUT2D eigenvalue weighted by atomic mass is 9.96. The third kappa shape index (κ3) is 2.94. The molecule has 1 amide bonds. The van der Waals surface area contributed by atoms with E-state index < -0.39 is 11.5 Å². The average molecular weight is 377 g/mol. The van der Waals surface area contributed by atoms with Crippen molar-refractivity contribution >= 4 is 28.3 Å². The molecule has 142 valence electrons. The Balaban J connectivity index is 1.77. The van der Waals surface area contributed by atoms with Crippen LogP contribution in [0.2, 0.25) is 0 Å². The fourth-order valence-corrected chi connectivity index (χ4v) is 3.77. The summed E-state index contributed by atoms with van der Waals surface area (Å²) < 4.78 is 0.956. The van der Waals surface area contributed by atoms with Gasteiger partial charge in [0.15, 0.2) is 5.69 Å². The molecular weight excluding hydrogens is 358 g/mol. The normalized spacial score (nSPS) is 16.0. The number of carboxylic acids is 1. The lowest BCUT2D eigenvalue weighted by molar-refractivity contribution is -0.120. The molecule has 0 radical (unpaired) electrons. The van der Waals surface area contributed by atoms with Crippen molar-refractivity contribution in [3.63, 3.8) is 0 Å². The summed E-state index contributed by atoms with van der Waals surface area (Å²) in [6, 6.07) is 14.1. The monoisotopic (exact) mass is 377 g/mol. The van der Waals surface area contributed by atoms with Crippen LogP contribution in [0.15, 0.2) is 53.3 Å². The molecule has 2 heterocycles. The number of carbonyl (C=O) groups excluding carboxylic acids is 1. The first-order valence-corrected chi connectivity index (χ1v) is 9.10. The number of rotatable bonds is 3. The van der Waals surface area contributed by atoms with Gasteiger partial charge in [0.25, 0.3) is 5.56 Å². The van der Waals surface area contributed by atoms with Gasteiger partial charge in [0.05, 0.1) is 5.39 Å². The highest BCUT2D eigenvalue weighted by atomic mass is 16.4. The third-order valence-electron chi connectivity index (χ3n) is 5.15. The Morgan fingerprint density at radius 3 is 2.54 bits per heavy atom. The molecule has 0 fully saturated rings. The molecule has 0 bridgehead atoms. The Bertz CT molecular complexity index is 1150. The highest BCUT2D eigenvalue weighted by Crippen LogP contribution is 2.30.